The Kier molecular flexibility index (Phi) is 8.02. The molecule has 0 bridgehead atoms. The summed E-state index contributed by atoms with van der Waals surface area (Å²) in [5, 5.41) is 7.40. The lowest BCUT2D eigenvalue weighted by molar-refractivity contribution is 0.635. The van der Waals surface area contributed by atoms with Crippen molar-refractivity contribution < 1.29 is 8.78 Å². The van der Waals surface area contributed by atoms with Gasteiger partial charge in [-0.25, -0.2) is 23.7 Å². The Hall–Kier alpha value is -8.11. The fourth-order valence-electron chi connectivity index (χ4n) is 10.1. The fourth-order valence-corrected chi connectivity index (χ4v) is 12.3. The third-order valence-electron chi connectivity index (χ3n) is 12.9. The van der Waals surface area contributed by atoms with Crippen LogP contribution in [0.4, 0.5) is 8.78 Å². The molecule has 0 radical (unpaired) electrons. The Morgan fingerprint density at radius 1 is 0.333 bits per heavy atom. The summed E-state index contributed by atoms with van der Waals surface area (Å²) in [6.45, 7) is 0. The largest absolute Gasteiger partial charge is 0.306 e. The van der Waals surface area contributed by atoms with E-state index < -0.39 is 0 Å². The first kappa shape index (κ1) is 37.3. The zero-order valence-corrected chi connectivity index (χ0v) is 36.3. The van der Waals surface area contributed by atoms with E-state index in [1.807, 2.05) is 173 Å². The smallest absolute Gasteiger partial charge is 0.166 e. The van der Waals surface area contributed by atoms with Gasteiger partial charge < -0.3 is 9.13 Å². The van der Waals surface area contributed by atoms with Gasteiger partial charge in [-0.3, -0.25) is 0 Å². The molecule has 14 rings (SSSR count). The van der Waals surface area contributed by atoms with E-state index in [1.54, 1.807) is 0 Å². The Labute approximate surface area is 382 Å². The van der Waals surface area contributed by atoms with Crippen molar-refractivity contribution in [2.75, 3.05) is 0 Å². The summed E-state index contributed by atoms with van der Waals surface area (Å²) in [4.78, 5) is 15.9. The highest BCUT2D eigenvalue weighted by Crippen LogP contribution is 2.47. The second-order valence-corrected chi connectivity index (χ2v) is 18.6. The van der Waals surface area contributed by atoms with Crippen LogP contribution in [0.3, 0.4) is 0 Å². The second kappa shape index (κ2) is 14.2. The van der Waals surface area contributed by atoms with Crippen molar-refractivity contribution in [3.63, 3.8) is 0 Å². The van der Waals surface area contributed by atoms with Crippen LogP contribution in [-0.4, -0.2) is 24.1 Å². The lowest BCUT2D eigenvalue weighted by atomic mass is 10.0. The first-order valence-corrected chi connectivity index (χ1v) is 23.3. The van der Waals surface area contributed by atoms with Crippen molar-refractivity contribution in [3.05, 3.63) is 200 Å². The van der Waals surface area contributed by atoms with Gasteiger partial charge in [0.15, 0.2) is 29.1 Å². The molecule has 5 nitrogen and oxygen atoms in total. The molecule has 0 N–H and O–H groups in total. The van der Waals surface area contributed by atoms with Crippen LogP contribution in [-0.2, 0) is 0 Å². The highest BCUT2D eigenvalue weighted by molar-refractivity contribution is 7.26. The highest BCUT2D eigenvalue weighted by Gasteiger charge is 2.29. The molecule has 0 saturated carbocycles. The van der Waals surface area contributed by atoms with E-state index >= 15 is 8.78 Å². The number of nitrogens with zero attached hydrogens (tertiary/aromatic N) is 5. The van der Waals surface area contributed by atoms with Crippen LogP contribution in [0.5, 0.6) is 0 Å². The number of benzene rings is 9. The first-order valence-electron chi connectivity index (χ1n) is 21.7. The SMILES string of the molecule is Fc1c(-n2c3ccccc3c3ccccc32)c(-c2nc(-c3ccccc3)nc(-c3cc4c(sc5ccccc54)c(F)c3-n3c4ccccc4c4ccccc43)n2)cc2c1sc1ccccc12. The zero-order valence-electron chi connectivity index (χ0n) is 34.7. The van der Waals surface area contributed by atoms with Crippen molar-refractivity contribution >= 4 is 107 Å². The minimum absolute atomic E-state index is 0.260. The summed E-state index contributed by atoms with van der Waals surface area (Å²) in [6.07, 6.45) is 0. The van der Waals surface area contributed by atoms with Crippen LogP contribution in [0.25, 0.3) is 129 Å². The summed E-state index contributed by atoms with van der Waals surface area (Å²) >= 11 is 2.87. The number of hydrogen-bond donors (Lipinski definition) is 0. The van der Waals surface area contributed by atoms with E-state index in [9.17, 15) is 0 Å². The van der Waals surface area contributed by atoms with Crippen LogP contribution >= 0.6 is 22.7 Å². The molecule has 0 unspecified atom stereocenters. The number of para-hydroxylation sites is 4. The molecule has 0 amide bonds. The van der Waals surface area contributed by atoms with Crippen LogP contribution < -0.4 is 0 Å². The summed E-state index contributed by atoms with van der Waals surface area (Å²) in [5.74, 6) is 0.151. The number of fused-ring (bicyclic) bond motifs is 12. The number of halogens is 2. The number of thiophene rings is 2. The third kappa shape index (κ3) is 5.32. The number of hydrogen-bond acceptors (Lipinski definition) is 5. The Morgan fingerprint density at radius 2 is 0.667 bits per heavy atom. The maximum Gasteiger partial charge on any atom is 0.166 e. The second-order valence-electron chi connectivity index (χ2n) is 16.5. The molecule has 0 atom stereocenters. The predicted molar refractivity (Wildman–Crippen MR) is 271 cm³/mol. The van der Waals surface area contributed by atoms with Gasteiger partial charge in [0.2, 0.25) is 0 Å². The Bertz CT molecular complexity index is 3970. The van der Waals surface area contributed by atoms with Crippen LogP contribution in [0.1, 0.15) is 0 Å². The average Bonchev–Trinajstić information content (AvgIpc) is 4.13. The molecule has 0 aliphatic heterocycles. The van der Waals surface area contributed by atoms with Crippen molar-refractivity contribution in [3.8, 4) is 45.5 Å². The van der Waals surface area contributed by atoms with Gasteiger partial charge in [0.05, 0.1) is 42.8 Å². The zero-order chi connectivity index (χ0) is 43.6. The van der Waals surface area contributed by atoms with E-state index in [0.717, 1.165) is 80.1 Å². The maximum absolute atomic E-state index is 18.3. The topological polar surface area (TPSA) is 48.5 Å². The van der Waals surface area contributed by atoms with Crippen molar-refractivity contribution in [1.29, 1.82) is 0 Å². The molecule has 0 aliphatic carbocycles. The monoisotopic (exact) mass is 887 g/mol. The van der Waals surface area contributed by atoms with Gasteiger partial charge >= 0.3 is 0 Å². The molecule has 5 heterocycles. The molecule has 0 spiro atoms. The van der Waals surface area contributed by atoms with Gasteiger partial charge in [-0.2, -0.15) is 0 Å². The first-order chi connectivity index (χ1) is 32.6. The standard InChI is InChI=1S/C57H31F2N5S2/c58-49-51(63-43-24-10-4-18-33(43)34-19-5-11-25-44(34)63)41(30-39-37-22-8-14-28-47(37)65-53(39)49)56-60-55(32-16-2-1-3-17-32)61-57(62-56)42-31-40-38-23-9-15-29-48(38)66-54(40)50(59)52(42)64-45-26-12-6-20-35(45)36-21-7-13-27-46(36)64/h1-31H. The lowest BCUT2D eigenvalue weighted by Crippen LogP contribution is -2.08. The molecule has 5 aromatic heterocycles. The van der Waals surface area contributed by atoms with Gasteiger partial charge in [0.25, 0.3) is 0 Å². The Morgan fingerprint density at radius 3 is 1.08 bits per heavy atom. The van der Waals surface area contributed by atoms with Crippen LogP contribution in [0, 0.1) is 11.6 Å². The molecule has 0 saturated heterocycles. The molecule has 9 aromatic carbocycles. The van der Waals surface area contributed by atoms with E-state index in [2.05, 4.69) is 24.3 Å². The van der Waals surface area contributed by atoms with E-state index in [-0.39, 0.29) is 23.3 Å². The normalized spacial score (nSPS) is 12.1. The minimum atomic E-state index is -0.374. The number of rotatable bonds is 5. The van der Waals surface area contributed by atoms with Crippen molar-refractivity contribution in [2.24, 2.45) is 0 Å². The molecular weight excluding hydrogens is 857 g/mol. The molecule has 66 heavy (non-hydrogen) atoms. The Balaban J connectivity index is 1.15. The lowest BCUT2D eigenvalue weighted by Gasteiger charge is -2.18. The molecule has 14 aromatic rings. The van der Waals surface area contributed by atoms with Gasteiger partial charge in [0, 0.05) is 69.2 Å². The summed E-state index contributed by atoms with van der Waals surface area (Å²) in [5.41, 5.74) is 5.76. The molecular formula is C57H31F2N5S2. The highest BCUT2D eigenvalue weighted by atomic mass is 32.1. The van der Waals surface area contributed by atoms with Gasteiger partial charge in [-0.05, 0) is 48.5 Å². The molecule has 0 fully saturated rings. The van der Waals surface area contributed by atoms with Gasteiger partial charge in [-0.1, -0.05) is 140 Å². The summed E-state index contributed by atoms with van der Waals surface area (Å²) in [6, 6.07) is 62.3. The van der Waals surface area contributed by atoms with E-state index in [1.165, 1.54) is 22.7 Å². The quantitative estimate of drug-likeness (QED) is 0.173. The predicted octanol–water partition coefficient (Wildman–Crippen LogP) is 16.1. The minimum Gasteiger partial charge on any atom is -0.306 e. The molecule has 310 valence electrons. The van der Waals surface area contributed by atoms with Gasteiger partial charge in [0.1, 0.15) is 0 Å². The maximum atomic E-state index is 18.3. The van der Waals surface area contributed by atoms with E-state index in [0.29, 0.717) is 37.7 Å². The molecule has 9 heteroatoms. The summed E-state index contributed by atoms with van der Waals surface area (Å²) in [7, 11) is 0. The number of aromatic nitrogens is 5. The fraction of sp³-hybridized carbons (Fsp3) is 0. The van der Waals surface area contributed by atoms with Crippen LogP contribution in [0.15, 0.2) is 188 Å². The molecule has 0 aliphatic rings. The third-order valence-corrected chi connectivity index (χ3v) is 15.3. The van der Waals surface area contributed by atoms with Crippen molar-refractivity contribution in [2.45, 2.75) is 0 Å². The van der Waals surface area contributed by atoms with Gasteiger partial charge in [-0.15, -0.1) is 22.7 Å². The van der Waals surface area contributed by atoms with E-state index in [4.69, 9.17) is 15.0 Å². The van der Waals surface area contributed by atoms with Crippen LogP contribution in [0.2, 0.25) is 0 Å². The summed E-state index contributed by atoms with van der Waals surface area (Å²) < 4.78 is 43.6. The average molecular weight is 888 g/mol. The van der Waals surface area contributed by atoms with Crippen molar-refractivity contribution in [1.82, 2.24) is 24.1 Å².